The topological polar surface area (TPSA) is 74.2 Å². The van der Waals surface area contributed by atoms with Crippen LogP contribution in [-0.4, -0.2) is 38.8 Å². The smallest absolute Gasteiger partial charge is 0.315 e. The lowest BCUT2D eigenvalue weighted by atomic mass is 9.69. The molecule has 3 atom stereocenters. The predicted molar refractivity (Wildman–Crippen MR) is 121 cm³/mol. The number of ether oxygens (including phenoxy) is 3. The van der Waals surface area contributed by atoms with E-state index in [0.717, 1.165) is 16.8 Å². The quantitative estimate of drug-likeness (QED) is 0.651. The van der Waals surface area contributed by atoms with Gasteiger partial charge in [-0.3, -0.25) is 14.6 Å². The van der Waals surface area contributed by atoms with Gasteiger partial charge in [0.1, 0.15) is 17.4 Å². The first kappa shape index (κ1) is 21.8. The summed E-state index contributed by atoms with van der Waals surface area (Å²) in [6.45, 7) is 1.82. The first-order valence-corrected chi connectivity index (χ1v) is 10.6. The Kier molecular flexibility index (Phi) is 6.12. The average molecular weight is 434 g/mol. The summed E-state index contributed by atoms with van der Waals surface area (Å²) in [6, 6.07) is 15.4. The predicted octanol–water partition coefficient (Wildman–Crippen LogP) is 4.45. The molecule has 0 bridgehead atoms. The van der Waals surface area contributed by atoms with E-state index in [-0.39, 0.29) is 11.7 Å². The van der Waals surface area contributed by atoms with E-state index in [4.69, 9.17) is 19.2 Å². The number of hydrogen-bond donors (Lipinski definition) is 0. The molecule has 0 aromatic heterocycles. The second kappa shape index (κ2) is 8.99. The van der Waals surface area contributed by atoms with Crippen LogP contribution in [0.15, 0.2) is 64.8 Å². The van der Waals surface area contributed by atoms with Crippen LogP contribution in [0.25, 0.3) is 0 Å². The van der Waals surface area contributed by atoms with Crippen molar-refractivity contribution in [1.29, 1.82) is 0 Å². The highest BCUT2D eigenvalue weighted by Gasteiger charge is 2.45. The molecule has 1 heterocycles. The minimum atomic E-state index is -0.711. The fourth-order valence-electron chi connectivity index (χ4n) is 4.87. The number of hydrogen-bond acceptors (Lipinski definition) is 6. The number of methoxy groups -OCH3 is 3. The summed E-state index contributed by atoms with van der Waals surface area (Å²) in [5.74, 6) is -0.421. The summed E-state index contributed by atoms with van der Waals surface area (Å²) >= 11 is 0. The van der Waals surface area contributed by atoms with Gasteiger partial charge >= 0.3 is 5.97 Å². The first-order chi connectivity index (χ1) is 15.5. The van der Waals surface area contributed by atoms with Crippen LogP contribution >= 0.6 is 0 Å². The Labute approximate surface area is 187 Å². The highest BCUT2D eigenvalue weighted by Crippen LogP contribution is 2.49. The minimum absolute atomic E-state index is 0.000120. The van der Waals surface area contributed by atoms with Crippen molar-refractivity contribution in [3.05, 3.63) is 70.9 Å². The summed E-state index contributed by atoms with van der Waals surface area (Å²) in [5, 5.41) is 0. The molecule has 0 radical (unpaired) electrons. The zero-order valence-corrected chi connectivity index (χ0v) is 18.8. The van der Waals surface area contributed by atoms with Gasteiger partial charge in [0.15, 0.2) is 5.78 Å². The average Bonchev–Trinajstić information content (AvgIpc) is 2.82. The Morgan fingerprint density at radius 1 is 1.00 bits per heavy atom. The minimum Gasteiger partial charge on any atom is -0.497 e. The van der Waals surface area contributed by atoms with Crippen LogP contribution in [0.2, 0.25) is 0 Å². The van der Waals surface area contributed by atoms with Crippen molar-refractivity contribution in [2.45, 2.75) is 31.6 Å². The molecule has 0 fully saturated rings. The third-order valence-electron chi connectivity index (χ3n) is 6.39. The van der Waals surface area contributed by atoms with Crippen molar-refractivity contribution in [2.75, 3.05) is 21.3 Å². The van der Waals surface area contributed by atoms with Crippen molar-refractivity contribution >= 4 is 17.5 Å². The molecule has 1 aliphatic carbocycles. The number of carbonyl (C=O) groups excluding carboxylic acids is 2. The third-order valence-corrected chi connectivity index (χ3v) is 6.39. The fraction of sp³-hybridized carbons (Fsp3) is 0.346. The number of aliphatic imine (C=N–C) groups is 1. The molecule has 2 aromatic rings. The Bertz CT molecular complexity index is 1100. The number of carbonyl (C=O) groups is 2. The van der Waals surface area contributed by atoms with Gasteiger partial charge in [0.05, 0.1) is 21.3 Å². The summed E-state index contributed by atoms with van der Waals surface area (Å²) in [7, 11) is 4.51. The van der Waals surface area contributed by atoms with E-state index in [2.05, 4.69) is 0 Å². The standard InChI is InChI=1S/C26H27NO5/c1-15-23(26(29)32-4)24(19-14-18(30-2)10-11-22(19)31-3)25-20(27-15)12-17(13-21(25)28)16-8-6-5-7-9-16/h5-11,14,17,23-24H,12-13H2,1-4H3/t17-,23?,24-/m1/s1. The first-order valence-electron chi connectivity index (χ1n) is 10.6. The third kappa shape index (κ3) is 3.81. The van der Waals surface area contributed by atoms with Crippen molar-refractivity contribution in [2.24, 2.45) is 10.9 Å². The van der Waals surface area contributed by atoms with Gasteiger partial charge in [0.2, 0.25) is 0 Å². The number of benzene rings is 2. The molecule has 2 aromatic carbocycles. The van der Waals surface area contributed by atoms with Crippen molar-refractivity contribution < 1.29 is 23.8 Å². The molecule has 0 saturated carbocycles. The summed E-state index contributed by atoms with van der Waals surface area (Å²) in [5.41, 5.74) is 3.78. The normalized spacial score (nSPS) is 22.7. The van der Waals surface area contributed by atoms with Gasteiger partial charge in [-0.05, 0) is 43.0 Å². The Morgan fingerprint density at radius 3 is 2.41 bits per heavy atom. The number of allylic oxidation sites excluding steroid dienone is 2. The van der Waals surface area contributed by atoms with Gasteiger partial charge in [-0.25, -0.2) is 0 Å². The second-order valence-electron chi connectivity index (χ2n) is 8.14. The van der Waals surface area contributed by atoms with Crippen molar-refractivity contribution in [3.63, 3.8) is 0 Å². The molecule has 166 valence electrons. The van der Waals surface area contributed by atoms with E-state index in [0.29, 0.717) is 35.6 Å². The van der Waals surface area contributed by atoms with E-state index < -0.39 is 17.8 Å². The summed E-state index contributed by atoms with van der Waals surface area (Å²) in [4.78, 5) is 31.2. The Hall–Kier alpha value is -3.41. The molecule has 2 aliphatic rings. The van der Waals surface area contributed by atoms with Crippen LogP contribution in [0.5, 0.6) is 11.5 Å². The highest BCUT2D eigenvalue weighted by atomic mass is 16.5. The molecule has 0 spiro atoms. The lowest BCUT2D eigenvalue weighted by Crippen LogP contribution is -2.38. The summed E-state index contributed by atoms with van der Waals surface area (Å²) in [6.07, 6.45) is 1.01. The summed E-state index contributed by atoms with van der Waals surface area (Å²) < 4.78 is 16.2. The van der Waals surface area contributed by atoms with Gasteiger partial charge in [-0.2, -0.15) is 0 Å². The van der Waals surface area contributed by atoms with Gasteiger partial charge in [-0.1, -0.05) is 30.3 Å². The number of esters is 1. The molecule has 0 N–H and O–H groups in total. The van der Waals surface area contributed by atoms with Crippen LogP contribution in [-0.2, 0) is 14.3 Å². The molecule has 0 saturated heterocycles. The van der Waals surface area contributed by atoms with Crippen LogP contribution in [0, 0.1) is 5.92 Å². The molecule has 0 amide bonds. The second-order valence-corrected chi connectivity index (χ2v) is 8.14. The Balaban J connectivity index is 1.88. The maximum atomic E-state index is 13.6. The molecule has 1 aliphatic heterocycles. The van der Waals surface area contributed by atoms with Crippen LogP contribution in [0.3, 0.4) is 0 Å². The number of ketones is 1. The highest BCUT2D eigenvalue weighted by molar-refractivity contribution is 6.09. The fourth-order valence-corrected chi connectivity index (χ4v) is 4.87. The lowest BCUT2D eigenvalue weighted by molar-refractivity contribution is -0.143. The Morgan fingerprint density at radius 2 is 1.75 bits per heavy atom. The SMILES string of the molecule is COC(=O)C1C(C)=NC2=C(C(=O)C[C@H](c3ccccc3)C2)[C@@H]1c1cc(OC)ccc1OC. The molecule has 1 unspecified atom stereocenters. The van der Waals surface area contributed by atoms with Crippen molar-refractivity contribution in [1.82, 2.24) is 0 Å². The zero-order chi connectivity index (χ0) is 22.8. The zero-order valence-electron chi connectivity index (χ0n) is 18.8. The molecular weight excluding hydrogens is 406 g/mol. The van der Waals surface area contributed by atoms with E-state index in [1.165, 1.54) is 7.11 Å². The van der Waals surface area contributed by atoms with E-state index >= 15 is 0 Å². The van der Waals surface area contributed by atoms with Gasteiger partial charge in [0.25, 0.3) is 0 Å². The number of nitrogens with zero attached hydrogens (tertiary/aromatic N) is 1. The van der Waals surface area contributed by atoms with E-state index in [9.17, 15) is 9.59 Å². The van der Waals surface area contributed by atoms with E-state index in [1.807, 2.05) is 43.3 Å². The van der Waals surface area contributed by atoms with Crippen molar-refractivity contribution in [3.8, 4) is 11.5 Å². The maximum absolute atomic E-state index is 13.6. The van der Waals surface area contributed by atoms with Gasteiger partial charge in [0, 0.05) is 34.9 Å². The molecular formula is C26H27NO5. The molecule has 32 heavy (non-hydrogen) atoms. The van der Waals surface area contributed by atoms with Gasteiger partial charge < -0.3 is 14.2 Å². The van der Waals surface area contributed by atoms with Gasteiger partial charge in [-0.15, -0.1) is 0 Å². The molecule has 4 rings (SSSR count). The number of Topliss-reactive ketones (excluding diaryl/α,β-unsaturated/α-hetero) is 1. The largest absolute Gasteiger partial charge is 0.497 e. The number of rotatable bonds is 5. The van der Waals surface area contributed by atoms with Crippen LogP contribution in [0.1, 0.15) is 42.7 Å². The van der Waals surface area contributed by atoms with Crippen LogP contribution < -0.4 is 9.47 Å². The monoisotopic (exact) mass is 433 g/mol. The molecule has 6 nitrogen and oxygen atoms in total. The lowest BCUT2D eigenvalue weighted by Gasteiger charge is -2.36. The van der Waals surface area contributed by atoms with Crippen LogP contribution in [0.4, 0.5) is 0 Å². The van der Waals surface area contributed by atoms with E-state index in [1.54, 1.807) is 26.4 Å². The molecule has 6 heteroatoms. The maximum Gasteiger partial charge on any atom is 0.315 e.